The molecule has 0 aliphatic rings. The maximum Gasteiger partial charge on any atom is 0.153 e. The van der Waals surface area contributed by atoms with Crippen LogP contribution in [0.4, 0.5) is 0 Å². The van der Waals surface area contributed by atoms with E-state index in [4.69, 9.17) is 10.9 Å². The Morgan fingerprint density at radius 3 is 2.28 bits per heavy atom. The minimum Gasteiger partial charge on any atom is -0.409 e. The van der Waals surface area contributed by atoms with Gasteiger partial charge in [-0.15, -0.1) is 0 Å². The number of amidine groups is 1. The van der Waals surface area contributed by atoms with Crippen molar-refractivity contribution in [1.82, 2.24) is 4.90 Å². The lowest BCUT2D eigenvalue weighted by molar-refractivity contribution is 0.238. The van der Waals surface area contributed by atoms with Gasteiger partial charge in [0.2, 0.25) is 0 Å². The molecule has 4 nitrogen and oxygen atoms in total. The van der Waals surface area contributed by atoms with Gasteiger partial charge in [0.15, 0.2) is 5.84 Å². The van der Waals surface area contributed by atoms with Gasteiger partial charge in [-0.2, -0.15) is 0 Å². The molecular formula is C14H23N3O. The predicted molar refractivity (Wildman–Crippen MR) is 74.8 cm³/mol. The van der Waals surface area contributed by atoms with Crippen LogP contribution in [0.3, 0.4) is 0 Å². The Labute approximate surface area is 109 Å². The number of aryl methyl sites for hydroxylation is 1. The fraction of sp³-hybridized carbons (Fsp3) is 0.500. The molecule has 0 unspecified atom stereocenters. The molecule has 100 valence electrons. The smallest absolute Gasteiger partial charge is 0.153 e. The van der Waals surface area contributed by atoms with E-state index in [0.717, 1.165) is 13.0 Å². The normalized spacial score (nSPS) is 12.4. The highest BCUT2D eigenvalue weighted by Crippen LogP contribution is 2.10. The molecule has 0 fully saturated rings. The highest BCUT2D eigenvalue weighted by molar-refractivity contribution is 5.81. The Kier molecular flexibility index (Phi) is 5.65. The summed E-state index contributed by atoms with van der Waals surface area (Å²) in [4.78, 5) is 2.16. The van der Waals surface area contributed by atoms with E-state index in [-0.39, 0.29) is 5.84 Å². The van der Waals surface area contributed by atoms with E-state index in [1.165, 1.54) is 11.1 Å². The van der Waals surface area contributed by atoms with Gasteiger partial charge in [0.1, 0.15) is 0 Å². The minimum atomic E-state index is 0.244. The van der Waals surface area contributed by atoms with E-state index < -0.39 is 0 Å². The SMILES string of the molecule is CCc1ccc(CN(CC(N)=NO)C(C)C)cc1. The molecule has 0 spiro atoms. The second-order valence-electron chi connectivity index (χ2n) is 4.76. The molecule has 0 bridgehead atoms. The highest BCUT2D eigenvalue weighted by atomic mass is 16.4. The summed E-state index contributed by atoms with van der Waals surface area (Å²) >= 11 is 0. The molecule has 0 atom stereocenters. The summed E-state index contributed by atoms with van der Waals surface area (Å²) in [5.41, 5.74) is 8.15. The summed E-state index contributed by atoms with van der Waals surface area (Å²) < 4.78 is 0. The lowest BCUT2D eigenvalue weighted by Gasteiger charge is -2.25. The number of rotatable bonds is 6. The maximum atomic E-state index is 8.64. The number of benzene rings is 1. The summed E-state index contributed by atoms with van der Waals surface area (Å²) in [7, 11) is 0. The van der Waals surface area contributed by atoms with Crippen molar-refractivity contribution in [3.8, 4) is 0 Å². The number of oxime groups is 1. The van der Waals surface area contributed by atoms with Crippen LogP contribution in [-0.2, 0) is 13.0 Å². The molecule has 0 aromatic heterocycles. The van der Waals surface area contributed by atoms with Gasteiger partial charge in [0, 0.05) is 12.6 Å². The van der Waals surface area contributed by atoms with Gasteiger partial charge in [-0.25, -0.2) is 0 Å². The fourth-order valence-electron chi connectivity index (χ4n) is 1.78. The summed E-state index contributed by atoms with van der Waals surface area (Å²) in [6, 6.07) is 8.92. The molecular weight excluding hydrogens is 226 g/mol. The van der Waals surface area contributed by atoms with Crippen LogP contribution >= 0.6 is 0 Å². The quantitative estimate of drug-likeness (QED) is 0.352. The highest BCUT2D eigenvalue weighted by Gasteiger charge is 2.12. The van der Waals surface area contributed by atoms with Gasteiger partial charge in [0.25, 0.3) is 0 Å². The van der Waals surface area contributed by atoms with Gasteiger partial charge in [-0.1, -0.05) is 36.3 Å². The summed E-state index contributed by atoms with van der Waals surface area (Å²) in [6.45, 7) is 7.63. The van der Waals surface area contributed by atoms with E-state index in [0.29, 0.717) is 12.6 Å². The van der Waals surface area contributed by atoms with E-state index >= 15 is 0 Å². The van der Waals surface area contributed by atoms with Crippen molar-refractivity contribution in [2.24, 2.45) is 10.9 Å². The van der Waals surface area contributed by atoms with Crippen LogP contribution < -0.4 is 5.73 Å². The van der Waals surface area contributed by atoms with Crippen molar-refractivity contribution < 1.29 is 5.21 Å². The number of hydrogen-bond donors (Lipinski definition) is 2. The maximum absolute atomic E-state index is 8.64. The zero-order valence-corrected chi connectivity index (χ0v) is 11.4. The lowest BCUT2D eigenvalue weighted by atomic mass is 10.1. The zero-order chi connectivity index (χ0) is 13.5. The zero-order valence-electron chi connectivity index (χ0n) is 11.4. The van der Waals surface area contributed by atoms with Crippen molar-refractivity contribution in [2.75, 3.05) is 6.54 Å². The molecule has 1 aromatic rings. The van der Waals surface area contributed by atoms with E-state index in [2.05, 4.69) is 55.1 Å². The van der Waals surface area contributed by atoms with Gasteiger partial charge >= 0.3 is 0 Å². The Bertz CT molecular complexity index is 385. The third-order valence-electron chi connectivity index (χ3n) is 3.04. The average Bonchev–Trinajstić information content (AvgIpc) is 2.38. The third-order valence-corrected chi connectivity index (χ3v) is 3.04. The molecule has 0 radical (unpaired) electrons. The molecule has 4 heteroatoms. The van der Waals surface area contributed by atoms with Crippen LogP contribution in [0, 0.1) is 0 Å². The van der Waals surface area contributed by atoms with Crippen LogP contribution in [0.2, 0.25) is 0 Å². The average molecular weight is 249 g/mol. The monoisotopic (exact) mass is 249 g/mol. The van der Waals surface area contributed by atoms with E-state index in [1.807, 2.05) is 0 Å². The molecule has 0 saturated carbocycles. The topological polar surface area (TPSA) is 61.8 Å². The second-order valence-corrected chi connectivity index (χ2v) is 4.76. The van der Waals surface area contributed by atoms with Crippen molar-refractivity contribution in [3.63, 3.8) is 0 Å². The van der Waals surface area contributed by atoms with Gasteiger partial charge in [-0.3, -0.25) is 4.90 Å². The summed E-state index contributed by atoms with van der Waals surface area (Å²) in [5, 5.41) is 11.7. The molecule has 0 heterocycles. The predicted octanol–water partition coefficient (Wildman–Crippen LogP) is 2.21. The minimum absolute atomic E-state index is 0.244. The Morgan fingerprint density at radius 2 is 1.83 bits per heavy atom. The van der Waals surface area contributed by atoms with Crippen molar-refractivity contribution in [3.05, 3.63) is 35.4 Å². The first-order valence-electron chi connectivity index (χ1n) is 6.35. The summed E-state index contributed by atoms with van der Waals surface area (Å²) in [5.74, 6) is 0.244. The van der Waals surface area contributed by atoms with Crippen LogP contribution in [0.1, 0.15) is 31.9 Å². The summed E-state index contributed by atoms with van der Waals surface area (Å²) in [6.07, 6.45) is 1.05. The first-order valence-corrected chi connectivity index (χ1v) is 6.35. The Morgan fingerprint density at radius 1 is 1.28 bits per heavy atom. The molecule has 18 heavy (non-hydrogen) atoms. The number of hydrogen-bond acceptors (Lipinski definition) is 3. The fourth-order valence-corrected chi connectivity index (χ4v) is 1.78. The van der Waals surface area contributed by atoms with Crippen LogP contribution in [0.5, 0.6) is 0 Å². The first-order chi connectivity index (χ1) is 8.56. The third kappa shape index (κ3) is 4.37. The largest absolute Gasteiger partial charge is 0.409 e. The van der Waals surface area contributed by atoms with Crippen molar-refractivity contribution in [1.29, 1.82) is 0 Å². The molecule has 0 aliphatic heterocycles. The van der Waals surface area contributed by atoms with Gasteiger partial charge in [-0.05, 0) is 31.4 Å². The standard InChI is InChI=1S/C14H23N3O/c1-4-12-5-7-13(8-6-12)9-17(11(2)3)10-14(15)16-18/h5-8,11,18H,4,9-10H2,1-3H3,(H2,15,16). The number of nitrogens with two attached hydrogens (primary N) is 1. The van der Waals surface area contributed by atoms with Crippen LogP contribution in [-0.4, -0.2) is 28.5 Å². The van der Waals surface area contributed by atoms with Crippen molar-refractivity contribution in [2.45, 2.75) is 39.8 Å². The van der Waals surface area contributed by atoms with Crippen LogP contribution in [0.25, 0.3) is 0 Å². The Hall–Kier alpha value is -1.55. The molecule has 0 aliphatic carbocycles. The second kappa shape index (κ2) is 7.01. The van der Waals surface area contributed by atoms with E-state index in [9.17, 15) is 0 Å². The molecule has 1 rings (SSSR count). The molecule has 3 N–H and O–H groups in total. The molecule has 0 saturated heterocycles. The number of nitrogens with zero attached hydrogens (tertiary/aromatic N) is 2. The molecule has 1 aromatic carbocycles. The lowest BCUT2D eigenvalue weighted by Crippen LogP contribution is -2.38. The van der Waals surface area contributed by atoms with Gasteiger partial charge < -0.3 is 10.9 Å². The van der Waals surface area contributed by atoms with Gasteiger partial charge in [0.05, 0.1) is 6.54 Å². The first kappa shape index (κ1) is 14.5. The van der Waals surface area contributed by atoms with Crippen LogP contribution in [0.15, 0.2) is 29.4 Å². The van der Waals surface area contributed by atoms with Crippen molar-refractivity contribution >= 4 is 5.84 Å². The Balaban J connectivity index is 2.70. The molecule has 0 amide bonds. The van der Waals surface area contributed by atoms with E-state index in [1.54, 1.807) is 0 Å².